The van der Waals surface area contributed by atoms with Gasteiger partial charge in [-0.2, -0.15) is 0 Å². The van der Waals surface area contributed by atoms with Crippen LogP contribution in [0.2, 0.25) is 0 Å². The molecular weight excluding hydrogens is 186 g/mol. The average Bonchev–Trinajstić information content (AvgIpc) is 2.19. The molecule has 1 aromatic carbocycles. The summed E-state index contributed by atoms with van der Waals surface area (Å²) in [7, 11) is 0. The van der Waals surface area contributed by atoms with Crippen LogP contribution in [-0.2, 0) is 0 Å². The van der Waals surface area contributed by atoms with Gasteiger partial charge >= 0.3 is 0 Å². The van der Waals surface area contributed by atoms with Gasteiger partial charge in [-0.1, -0.05) is 31.5 Å². The summed E-state index contributed by atoms with van der Waals surface area (Å²) in [5.41, 5.74) is 6.75. The standard InChI is InChI=1S/C12H19N3/c1-3-7-10(2)14-12(13)15-11-8-5-4-6-9-11/h4-6,8-10H,3,7H2,1-2H3,(H3,13,14,15). The second-order valence-electron chi connectivity index (χ2n) is 3.64. The lowest BCUT2D eigenvalue weighted by atomic mass is 10.2. The molecule has 0 saturated heterocycles. The van der Waals surface area contributed by atoms with Crippen LogP contribution in [0.1, 0.15) is 26.7 Å². The zero-order chi connectivity index (χ0) is 11.1. The molecule has 0 aromatic heterocycles. The number of rotatable bonds is 4. The lowest BCUT2D eigenvalue weighted by Gasteiger charge is -2.08. The summed E-state index contributed by atoms with van der Waals surface area (Å²) < 4.78 is 0. The van der Waals surface area contributed by atoms with Crippen molar-refractivity contribution in [2.75, 3.05) is 5.32 Å². The van der Waals surface area contributed by atoms with Crippen LogP contribution in [0.25, 0.3) is 0 Å². The minimum absolute atomic E-state index is 0.284. The van der Waals surface area contributed by atoms with Gasteiger partial charge in [-0.05, 0) is 25.5 Å². The highest BCUT2D eigenvalue weighted by Gasteiger charge is 1.99. The summed E-state index contributed by atoms with van der Waals surface area (Å²) in [4.78, 5) is 4.35. The summed E-state index contributed by atoms with van der Waals surface area (Å²) in [6.45, 7) is 4.22. The zero-order valence-corrected chi connectivity index (χ0v) is 9.40. The van der Waals surface area contributed by atoms with Gasteiger partial charge in [0.1, 0.15) is 0 Å². The maximum absolute atomic E-state index is 5.78. The molecule has 1 aromatic rings. The highest BCUT2D eigenvalue weighted by atomic mass is 15.1. The third kappa shape index (κ3) is 4.49. The minimum Gasteiger partial charge on any atom is -0.370 e. The molecular formula is C12H19N3. The molecule has 15 heavy (non-hydrogen) atoms. The molecule has 0 heterocycles. The molecule has 0 bridgehead atoms. The van der Waals surface area contributed by atoms with Crippen LogP contribution in [0.5, 0.6) is 0 Å². The SMILES string of the molecule is CCCC(C)N=C(N)Nc1ccccc1. The minimum atomic E-state index is 0.284. The fraction of sp³-hybridized carbons (Fsp3) is 0.417. The molecule has 0 saturated carbocycles. The summed E-state index contributed by atoms with van der Waals surface area (Å²) in [5, 5.41) is 3.06. The Bertz CT molecular complexity index is 306. The van der Waals surface area contributed by atoms with Crippen molar-refractivity contribution in [3.05, 3.63) is 30.3 Å². The van der Waals surface area contributed by atoms with Crippen molar-refractivity contribution in [1.82, 2.24) is 0 Å². The number of nitrogens with two attached hydrogens (primary N) is 1. The van der Waals surface area contributed by atoms with Crippen LogP contribution in [0.15, 0.2) is 35.3 Å². The second-order valence-corrected chi connectivity index (χ2v) is 3.64. The van der Waals surface area contributed by atoms with E-state index in [1.807, 2.05) is 30.3 Å². The molecule has 0 aliphatic heterocycles. The first-order chi connectivity index (χ1) is 7.22. The number of benzene rings is 1. The fourth-order valence-corrected chi connectivity index (χ4v) is 1.42. The van der Waals surface area contributed by atoms with E-state index in [1.165, 1.54) is 0 Å². The van der Waals surface area contributed by atoms with Gasteiger partial charge in [-0.25, -0.2) is 0 Å². The van der Waals surface area contributed by atoms with Crippen molar-refractivity contribution < 1.29 is 0 Å². The summed E-state index contributed by atoms with van der Waals surface area (Å²) in [6.07, 6.45) is 2.19. The Morgan fingerprint density at radius 3 is 2.67 bits per heavy atom. The first-order valence-corrected chi connectivity index (χ1v) is 5.37. The Labute approximate surface area is 91.4 Å². The fourth-order valence-electron chi connectivity index (χ4n) is 1.42. The number of nitrogens with zero attached hydrogens (tertiary/aromatic N) is 1. The highest BCUT2D eigenvalue weighted by molar-refractivity contribution is 5.92. The Kier molecular flexibility index (Phi) is 4.68. The van der Waals surface area contributed by atoms with E-state index in [4.69, 9.17) is 5.73 Å². The van der Waals surface area contributed by atoms with E-state index >= 15 is 0 Å². The Hall–Kier alpha value is -1.51. The molecule has 0 fully saturated rings. The Balaban J connectivity index is 2.51. The number of aliphatic imine (C=N–C) groups is 1. The summed E-state index contributed by atoms with van der Waals surface area (Å²) in [6, 6.07) is 10.1. The average molecular weight is 205 g/mol. The number of anilines is 1. The van der Waals surface area contributed by atoms with Gasteiger partial charge in [-0.3, -0.25) is 4.99 Å². The second kappa shape index (κ2) is 6.06. The number of hydrogen-bond donors (Lipinski definition) is 2. The van der Waals surface area contributed by atoms with Crippen LogP contribution < -0.4 is 11.1 Å². The molecule has 0 aliphatic carbocycles. The largest absolute Gasteiger partial charge is 0.370 e. The highest BCUT2D eigenvalue weighted by Crippen LogP contribution is 2.05. The lowest BCUT2D eigenvalue weighted by Crippen LogP contribution is -2.24. The van der Waals surface area contributed by atoms with Crippen molar-refractivity contribution >= 4 is 11.6 Å². The van der Waals surface area contributed by atoms with E-state index in [0.29, 0.717) is 5.96 Å². The van der Waals surface area contributed by atoms with Gasteiger partial charge in [0.2, 0.25) is 0 Å². The third-order valence-electron chi connectivity index (χ3n) is 2.11. The summed E-state index contributed by atoms with van der Waals surface area (Å²) >= 11 is 0. The van der Waals surface area contributed by atoms with Crippen LogP contribution in [-0.4, -0.2) is 12.0 Å². The Morgan fingerprint density at radius 1 is 1.40 bits per heavy atom. The number of para-hydroxylation sites is 1. The number of guanidine groups is 1. The van der Waals surface area contributed by atoms with E-state index in [1.54, 1.807) is 0 Å². The van der Waals surface area contributed by atoms with Gasteiger partial charge in [0.05, 0.1) is 6.04 Å². The topological polar surface area (TPSA) is 50.4 Å². The van der Waals surface area contributed by atoms with E-state index in [2.05, 4.69) is 24.2 Å². The van der Waals surface area contributed by atoms with Gasteiger partial charge < -0.3 is 11.1 Å². The van der Waals surface area contributed by atoms with Gasteiger partial charge in [0.25, 0.3) is 0 Å². The first kappa shape index (κ1) is 11.6. The molecule has 82 valence electrons. The van der Waals surface area contributed by atoms with Crippen LogP contribution >= 0.6 is 0 Å². The van der Waals surface area contributed by atoms with Crippen LogP contribution in [0, 0.1) is 0 Å². The smallest absolute Gasteiger partial charge is 0.193 e. The molecule has 3 N–H and O–H groups in total. The normalized spacial score (nSPS) is 13.6. The van der Waals surface area contributed by atoms with E-state index in [9.17, 15) is 0 Å². The molecule has 0 spiro atoms. The maximum atomic E-state index is 5.78. The number of nitrogens with one attached hydrogen (secondary N) is 1. The van der Waals surface area contributed by atoms with Crippen molar-refractivity contribution in [3.63, 3.8) is 0 Å². The number of hydrogen-bond acceptors (Lipinski definition) is 1. The molecule has 3 heteroatoms. The molecule has 1 unspecified atom stereocenters. The van der Waals surface area contributed by atoms with Crippen molar-refractivity contribution in [2.45, 2.75) is 32.7 Å². The molecule has 1 rings (SSSR count). The van der Waals surface area contributed by atoms with Gasteiger partial charge in [-0.15, -0.1) is 0 Å². The maximum Gasteiger partial charge on any atom is 0.193 e. The lowest BCUT2D eigenvalue weighted by molar-refractivity contribution is 0.654. The molecule has 0 aliphatic rings. The summed E-state index contributed by atoms with van der Waals surface area (Å²) in [5.74, 6) is 0.488. The van der Waals surface area contributed by atoms with E-state index < -0.39 is 0 Å². The molecule has 0 radical (unpaired) electrons. The van der Waals surface area contributed by atoms with Crippen LogP contribution in [0.3, 0.4) is 0 Å². The van der Waals surface area contributed by atoms with Crippen molar-refractivity contribution in [2.24, 2.45) is 10.7 Å². The molecule has 3 nitrogen and oxygen atoms in total. The molecule has 1 atom stereocenters. The van der Waals surface area contributed by atoms with Gasteiger partial charge in [0.15, 0.2) is 5.96 Å². The van der Waals surface area contributed by atoms with Gasteiger partial charge in [0, 0.05) is 5.69 Å². The zero-order valence-electron chi connectivity index (χ0n) is 9.40. The monoisotopic (exact) mass is 205 g/mol. The molecule has 0 amide bonds. The Morgan fingerprint density at radius 2 is 2.07 bits per heavy atom. The van der Waals surface area contributed by atoms with E-state index in [-0.39, 0.29) is 6.04 Å². The van der Waals surface area contributed by atoms with Crippen molar-refractivity contribution in [3.8, 4) is 0 Å². The first-order valence-electron chi connectivity index (χ1n) is 5.37. The predicted octanol–water partition coefficient (Wildman–Crippen LogP) is 2.60. The quantitative estimate of drug-likeness (QED) is 0.586. The predicted molar refractivity (Wildman–Crippen MR) is 66.1 cm³/mol. The van der Waals surface area contributed by atoms with Crippen molar-refractivity contribution in [1.29, 1.82) is 0 Å². The van der Waals surface area contributed by atoms with Crippen LogP contribution in [0.4, 0.5) is 5.69 Å². The third-order valence-corrected chi connectivity index (χ3v) is 2.11. The van der Waals surface area contributed by atoms with E-state index in [0.717, 1.165) is 18.5 Å².